The summed E-state index contributed by atoms with van der Waals surface area (Å²) in [4.78, 5) is 0. The van der Waals surface area contributed by atoms with Gasteiger partial charge in [-0.1, -0.05) is 0 Å². The maximum absolute atomic E-state index is 9.50. The fourth-order valence-corrected chi connectivity index (χ4v) is 0. The first-order valence-electron chi connectivity index (χ1n) is 0.436. The molecule has 0 bridgehead atoms. The molecule has 0 saturated carbocycles. The van der Waals surface area contributed by atoms with E-state index in [0.717, 1.165) is 0 Å². The van der Waals surface area contributed by atoms with Crippen molar-refractivity contribution in [2.24, 2.45) is 0 Å². The summed E-state index contributed by atoms with van der Waals surface area (Å²) in [6, 6.07) is 0. The Bertz CT molecular complexity index is 7.61. The second-order valence-electron chi connectivity index (χ2n) is 0.0825. The van der Waals surface area contributed by atoms with Crippen molar-refractivity contribution in [2.45, 2.75) is 0 Å². The van der Waals surface area contributed by atoms with Crippen molar-refractivity contribution in [2.75, 3.05) is 0 Å². The molecular weight excluding hydrogens is 94.8 g/mol. The SMILES string of the molecule is F[B]F.[Na].[Na]. The molecule has 0 spiro atoms. The quantitative estimate of drug-likeness (QED) is 0.362. The number of hydrogen-bond acceptors (Lipinski definition) is 0. The molecule has 0 aliphatic heterocycles. The Hall–Kier alpha value is 1.92. The molecule has 0 N–H and O–H groups in total. The molecule has 5 heavy (non-hydrogen) atoms. The maximum atomic E-state index is 9.50. The van der Waals surface area contributed by atoms with E-state index in [-0.39, 0.29) is 59.1 Å². The van der Waals surface area contributed by atoms with Gasteiger partial charge in [0, 0.05) is 59.1 Å². The molecule has 3 radical (unpaired) electrons. The van der Waals surface area contributed by atoms with Crippen molar-refractivity contribution in [3.05, 3.63) is 0 Å². The van der Waals surface area contributed by atoms with Crippen LogP contribution in [0.4, 0.5) is 8.63 Å². The zero-order chi connectivity index (χ0) is 2.71. The Balaban J connectivity index is -0.0000000200. The zero-order valence-corrected chi connectivity index (χ0v) is 7.33. The summed E-state index contributed by atoms with van der Waals surface area (Å²) in [6.07, 6.45) is 0. The Kier molecular flexibility index (Phi) is 53.0. The van der Waals surface area contributed by atoms with E-state index < -0.39 is 7.83 Å². The molecule has 5 heteroatoms. The normalized spacial score (nSPS) is 2.80. The van der Waals surface area contributed by atoms with E-state index in [1.54, 1.807) is 0 Å². The van der Waals surface area contributed by atoms with E-state index in [1.807, 2.05) is 0 Å². The summed E-state index contributed by atoms with van der Waals surface area (Å²) in [6.45, 7) is 0. The Labute approximate surface area is 74.6 Å². The molecule has 0 aliphatic rings. The fourth-order valence-electron chi connectivity index (χ4n) is 0. The van der Waals surface area contributed by atoms with Crippen LogP contribution in [-0.4, -0.2) is 66.9 Å². The van der Waals surface area contributed by atoms with Crippen LogP contribution in [-0.2, 0) is 0 Å². The molecule has 0 saturated heterocycles. The first-order chi connectivity index (χ1) is 1.41. The van der Waals surface area contributed by atoms with Crippen LogP contribution in [0, 0.1) is 0 Å². The topological polar surface area (TPSA) is 0 Å². The molecule has 0 fully saturated rings. The van der Waals surface area contributed by atoms with E-state index in [2.05, 4.69) is 0 Å². The summed E-state index contributed by atoms with van der Waals surface area (Å²) >= 11 is 0. The van der Waals surface area contributed by atoms with Gasteiger partial charge < -0.3 is 0 Å². The minimum absolute atomic E-state index is 0. The van der Waals surface area contributed by atoms with Crippen LogP contribution in [0.1, 0.15) is 0 Å². The van der Waals surface area contributed by atoms with Gasteiger partial charge >= 0.3 is 7.83 Å². The van der Waals surface area contributed by atoms with E-state index >= 15 is 0 Å². The third-order valence-corrected chi connectivity index (χ3v) is 0. The minimum Gasteiger partial charge on any atom is -0.289 e. The van der Waals surface area contributed by atoms with Crippen molar-refractivity contribution in [1.82, 2.24) is 0 Å². The van der Waals surface area contributed by atoms with Crippen molar-refractivity contribution in [3.8, 4) is 0 Å². The predicted octanol–water partition coefficient (Wildman–Crippen LogP) is -0.302. The third kappa shape index (κ3) is 24.6. The summed E-state index contributed by atoms with van der Waals surface area (Å²) < 4.78 is 19.0. The van der Waals surface area contributed by atoms with Gasteiger partial charge in [0.1, 0.15) is 0 Å². The van der Waals surface area contributed by atoms with Gasteiger partial charge in [-0.2, -0.15) is 0 Å². The van der Waals surface area contributed by atoms with Crippen molar-refractivity contribution >= 4 is 66.9 Å². The maximum Gasteiger partial charge on any atom is 0.577 e. The first kappa shape index (κ1) is 15.8. The van der Waals surface area contributed by atoms with Crippen LogP contribution in [0.5, 0.6) is 0 Å². The number of halogens is 2. The molecule has 0 heterocycles. The van der Waals surface area contributed by atoms with Gasteiger partial charge in [0.25, 0.3) is 0 Å². The average Bonchev–Trinajstić information content (AvgIpc) is 0.918. The second kappa shape index (κ2) is 16.8. The molecule has 19 valence electrons. The van der Waals surface area contributed by atoms with Crippen LogP contribution >= 0.6 is 0 Å². The van der Waals surface area contributed by atoms with E-state index in [9.17, 15) is 8.63 Å². The van der Waals surface area contributed by atoms with Crippen LogP contribution in [0.15, 0.2) is 0 Å². The number of rotatable bonds is 0. The molecule has 0 aromatic carbocycles. The molecule has 0 aromatic rings. The smallest absolute Gasteiger partial charge is 0.289 e. The standard InChI is InChI=1S/BF2.2Na/c2-1-3;;. The van der Waals surface area contributed by atoms with Gasteiger partial charge in [-0.15, -0.1) is 0 Å². The zero-order valence-electron chi connectivity index (χ0n) is 3.33. The van der Waals surface area contributed by atoms with Gasteiger partial charge in [0.05, 0.1) is 0 Å². The van der Waals surface area contributed by atoms with E-state index in [1.165, 1.54) is 0 Å². The minimum atomic E-state index is -1.00. The average molecular weight is 94.8 g/mol. The van der Waals surface area contributed by atoms with Crippen LogP contribution in [0.2, 0.25) is 0 Å². The van der Waals surface area contributed by atoms with Crippen molar-refractivity contribution in [1.29, 1.82) is 0 Å². The summed E-state index contributed by atoms with van der Waals surface area (Å²) in [5, 5.41) is 0. The molecule has 0 nitrogen and oxygen atoms in total. The van der Waals surface area contributed by atoms with Crippen LogP contribution in [0.25, 0.3) is 0 Å². The monoisotopic (exact) mass is 95.0 g/mol. The largest absolute Gasteiger partial charge is 0.577 e. The van der Waals surface area contributed by atoms with Crippen LogP contribution in [0.3, 0.4) is 0 Å². The Morgan fingerprint density at radius 2 is 1.00 bits per heavy atom. The van der Waals surface area contributed by atoms with Crippen LogP contribution < -0.4 is 0 Å². The van der Waals surface area contributed by atoms with Crippen molar-refractivity contribution in [3.63, 3.8) is 0 Å². The first-order valence-corrected chi connectivity index (χ1v) is 0.436. The molecular formula is BF2Na2. The van der Waals surface area contributed by atoms with Gasteiger partial charge in [0.2, 0.25) is 0 Å². The fraction of sp³-hybridized carbons (Fsp3) is 0. The second-order valence-corrected chi connectivity index (χ2v) is 0.0825. The number of hydrogen-bond donors (Lipinski definition) is 0. The molecule has 0 aliphatic carbocycles. The van der Waals surface area contributed by atoms with E-state index in [4.69, 9.17) is 0 Å². The van der Waals surface area contributed by atoms with Gasteiger partial charge in [-0.3, -0.25) is 8.63 Å². The van der Waals surface area contributed by atoms with Gasteiger partial charge in [-0.05, 0) is 0 Å². The third-order valence-electron chi connectivity index (χ3n) is 0. The van der Waals surface area contributed by atoms with Gasteiger partial charge in [0.15, 0.2) is 0 Å². The molecule has 0 amide bonds. The molecule has 0 aromatic heterocycles. The molecule has 0 atom stereocenters. The molecule has 0 rings (SSSR count). The Morgan fingerprint density at radius 3 is 1.00 bits per heavy atom. The molecule has 0 unspecified atom stereocenters. The summed E-state index contributed by atoms with van der Waals surface area (Å²) in [7, 11) is -1.00. The predicted molar refractivity (Wildman–Crippen MR) is 19.5 cm³/mol. The van der Waals surface area contributed by atoms with Crippen molar-refractivity contribution < 1.29 is 8.63 Å². The van der Waals surface area contributed by atoms with Gasteiger partial charge in [-0.25, -0.2) is 0 Å². The van der Waals surface area contributed by atoms with E-state index in [0.29, 0.717) is 0 Å². The Morgan fingerprint density at radius 1 is 1.00 bits per heavy atom. The summed E-state index contributed by atoms with van der Waals surface area (Å²) in [5.41, 5.74) is 0. The summed E-state index contributed by atoms with van der Waals surface area (Å²) in [5.74, 6) is 0.